The number of hydrogen-bond acceptors (Lipinski definition) is 3. The second kappa shape index (κ2) is 13.6. The molecular formula is C56H35NOS. The fourth-order valence-corrected chi connectivity index (χ4v) is 10.2. The zero-order valence-electron chi connectivity index (χ0n) is 32.0. The van der Waals surface area contributed by atoms with Crippen molar-refractivity contribution in [3.8, 4) is 33.4 Å². The first kappa shape index (κ1) is 33.7. The molecule has 0 spiro atoms. The van der Waals surface area contributed by atoms with E-state index in [9.17, 15) is 0 Å². The summed E-state index contributed by atoms with van der Waals surface area (Å²) in [4.78, 5) is 2.38. The van der Waals surface area contributed by atoms with E-state index in [-0.39, 0.29) is 0 Å². The van der Waals surface area contributed by atoms with E-state index in [2.05, 4.69) is 217 Å². The molecule has 12 aromatic rings. The fraction of sp³-hybridized carbons (Fsp3) is 0. The minimum absolute atomic E-state index is 0.868. The molecule has 0 N–H and O–H groups in total. The Morgan fingerprint density at radius 3 is 1.75 bits per heavy atom. The first-order chi connectivity index (χ1) is 29.2. The Hall–Kier alpha value is -7.46. The van der Waals surface area contributed by atoms with Crippen LogP contribution in [0.5, 0.6) is 0 Å². The Morgan fingerprint density at radius 1 is 0.356 bits per heavy atom. The van der Waals surface area contributed by atoms with Crippen LogP contribution in [0.4, 0.5) is 17.1 Å². The molecule has 2 nitrogen and oxygen atoms in total. The predicted molar refractivity (Wildman–Crippen MR) is 253 cm³/mol. The number of hydrogen-bond donors (Lipinski definition) is 0. The number of anilines is 3. The molecule has 0 saturated heterocycles. The Labute approximate surface area is 345 Å². The zero-order valence-corrected chi connectivity index (χ0v) is 32.8. The highest BCUT2D eigenvalue weighted by molar-refractivity contribution is 7.25. The third-order valence-electron chi connectivity index (χ3n) is 11.9. The minimum Gasteiger partial charge on any atom is -0.455 e. The summed E-state index contributed by atoms with van der Waals surface area (Å²) in [6.45, 7) is 0. The third kappa shape index (κ3) is 5.55. The molecule has 0 aliphatic carbocycles. The van der Waals surface area contributed by atoms with Crippen molar-refractivity contribution in [2.75, 3.05) is 4.90 Å². The van der Waals surface area contributed by atoms with Gasteiger partial charge in [0, 0.05) is 42.3 Å². The van der Waals surface area contributed by atoms with E-state index in [4.69, 9.17) is 4.42 Å². The number of rotatable bonds is 6. The molecule has 0 saturated carbocycles. The van der Waals surface area contributed by atoms with Crippen LogP contribution in [0.1, 0.15) is 0 Å². The molecule has 0 aliphatic rings. The molecule has 0 bridgehead atoms. The van der Waals surface area contributed by atoms with Crippen LogP contribution in [-0.4, -0.2) is 0 Å². The first-order valence-corrected chi connectivity index (χ1v) is 20.9. The molecule has 12 rings (SSSR count). The molecule has 0 atom stereocenters. The van der Waals surface area contributed by atoms with Crippen molar-refractivity contribution in [2.24, 2.45) is 0 Å². The molecule has 0 aliphatic heterocycles. The van der Waals surface area contributed by atoms with Crippen LogP contribution in [0.25, 0.3) is 97.0 Å². The number of benzene rings is 10. The average molecular weight is 770 g/mol. The molecular weight excluding hydrogens is 735 g/mol. The monoisotopic (exact) mass is 769 g/mol. The van der Waals surface area contributed by atoms with Gasteiger partial charge in [-0.15, -0.1) is 11.3 Å². The minimum atomic E-state index is 0.868. The van der Waals surface area contributed by atoms with Crippen LogP contribution < -0.4 is 4.90 Å². The molecule has 59 heavy (non-hydrogen) atoms. The van der Waals surface area contributed by atoms with E-state index >= 15 is 0 Å². The van der Waals surface area contributed by atoms with Gasteiger partial charge in [0.2, 0.25) is 0 Å². The van der Waals surface area contributed by atoms with Crippen LogP contribution >= 0.6 is 11.3 Å². The van der Waals surface area contributed by atoms with Gasteiger partial charge in [0.15, 0.2) is 0 Å². The number of nitrogens with zero attached hydrogens (tertiary/aromatic N) is 1. The van der Waals surface area contributed by atoms with Gasteiger partial charge in [-0.3, -0.25) is 0 Å². The summed E-state index contributed by atoms with van der Waals surface area (Å²) in [5.74, 6) is 0. The van der Waals surface area contributed by atoms with Crippen molar-refractivity contribution in [1.82, 2.24) is 0 Å². The highest BCUT2D eigenvalue weighted by Crippen LogP contribution is 2.46. The second-order valence-corrected chi connectivity index (χ2v) is 16.3. The summed E-state index contributed by atoms with van der Waals surface area (Å²) in [7, 11) is 0. The van der Waals surface area contributed by atoms with E-state index in [1.54, 1.807) is 0 Å². The highest BCUT2D eigenvalue weighted by atomic mass is 32.1. The van der Waals surface area contributed by atoms with Crippen molar-refractivity contribution < 1.29 is 4.42 Å². The lowest BCUT2D eigenvalue weighted by molar-refractivity contribution is 0.672. The van der Waals surface area contributed by atoms with Gasteiger partial charge in [0.1, 0.15) is 11.2 Å². The van der Waals surface area contributed by atoms with Gasteiger partial charge in [-0.1, -0.05) is 152 Å². The van der Waals surface area contributed by atoms with Crippen LogP contribution in [0, 0.1) is 0 Å². The average Bonchev–Trinajstić information content (AvgIpc) is 3.88. The number of furan rings is 1. The molecule has 2 aromatic heterocycles. The van der Waals surface area contributed by atoms with Crippen LogP contribution in [0.2, 0.25) is 0 Å². The molecule has 0 radical (unpaired) electrons. The molecule has 0 fully saturated rings. The molecule has 276 valence electrons. The van der Waals surface area contributed by atoms with Gasteiger partial charge >= 0.3 is 0 Å². The van der Waals surface area contributed by atoms with Gasteiger partial charge in [0.25, 0.3) is 0 Å². The zero-order chi connectivity index (χ0) is 38.9. The molecule has 3 heteroatoms. The third-order valence-corrected chi connectivity index (χ3v) is 13.0. The van der Waals surface area contributed by atoms with Crippen LogP contribution in [0.3, 0.4) is 0 Å². The van der Waals surface area contributed by atoms with E-state index in [1.807, 2.05) is 11.3 Å². The smallest absolute Gasteiger partial charge is 0.143 e. The van der Waals surface area contributed by atoms with Crippen molar-refractivity contribution in [3.05, 3.63) is 212 Å². The maximum atomic E-state index is 6.70. The summed E-state index contributed by atoms with van der Waals surface area (Å²) in [6.07, 6.45) is 0. The standard InChI is InChI=1S/C56H35NOS/c1-2-11-37(12-3-1)44-18-8-14-40-15-9-19-45(54(40)44)39-25-31-43(32-26-39)57(50-20-10-21-51-55(50)48-33-27-38-13-4-5-16-46(38)56(48)58-51)42-29-23-36(24-30-42)41-28-34-53-49(35-41)47-17-6-7-22-52(47)59-53/h1-35H. The predicted octanol–water partition coefficient (Wildman–Crippen LogP) is 16.7. The van der Waals surface area contributed by atoms with Crippen LogP contribution in [0.15, 0.2) is 217 Å². The maximum absolute atomic E-state index is 6.70. The van der Waals surface area contributed by atoms with Crippen molar-refractivity contribution in [3.63, 3.8) is 0 Å². The van der Waals surface area contributed by atoms with E-state index in [0.717, 1.165) is 44.4 Å². The second-order valence-electron chi connectivity index (χ2n) is 15.2. The molecule has 0 unspecified atom stereocenters. The Balaban J connectivity index is 1.02. The first-order valence-electron chi connectivity index (χ1n) is 20.1. The summed E-state index contributed by atoms with van der Waals surface area (Å²) >= 11 is 1.85. The largest absolute Gasteiger partial charge is 0.455 e. The van der Waals surface area contributed by atoms with Gasteiger partial charge in [-0.05, 0) is 110 Å². The van der Waals surface area contributed by atoms with Gasteiger partial charge in [-0.25, -0.2) is 0 Å². The Kier molecular flexibility index (Phi) is 7.75. The van der Waals surface area contributed by atoms with E-state index < -0.39 is 0 Å². The van der Waals surface area contributed by atoms with Crippen molar-refractivity contribution in [2.45, 2.75) is 0 Å². The van der Waals surface area contributed by atoms with Gasteiger partial charge in [0.05, 0.1) is 11.1 Å². The Morgan fingerprint density at radius 2 is 0.966 bits per heavy atom. The fourth-order valence-electron chi connectivity index (χ4n) is 9.09. The normalized spacial score (nSPS) is 11.7. The summed E-state index contributed by atoms with van der Waals surface area (Å²) in [5, 5.41) is 9.60. The van der Waals surface area contributed by atoms with Crippen molar-refractivity contribution >= 4 is 92.1 Å². The lowest BCUT2D eigenvalue weighted by Crippen LogP contribution is -2.10. The SMILES string of the molecule is c1ccc(-c2cccc3cccc(-c4ccc(N(c5ccc(-c6ccc7sc8ccccc8c7c6)cc5)c5cccc6oc7c8ccccc8ccc7c56)cc4)c23)cc1. The summed E-state index contributed by atoms with van der Waals surface area (Å²) in [6, 6.07) is 76.9. The quantitative estimate of drug-likeness (QED) is 0.167. The van der Waals surface area contributed by atoms with Crippen molar-refractivity contribution in [1.29, 1.82) is 0 Å². The van der Waals surface area contributed by atoms with Gasteiger partial charge in [-0.2, -0.15) is 0 Å². The summed E-state index contributed by atoms with van der Waals surface area (Å²) in [5.41, 5.74) is 12.2. The maximum Gasteiger partial charge on any atom is 0.143 e. The van der Waals surface area contributed by atoms with E-state index in [0.29, 0.717) is 0 Å². The van der Waals surface area contributed by atoms with Gasteiger partial charge < -0.3 is 9.32 Å². The summed E-state index contributed by atoms with van der Waals surface area (Å²) < 4.78 is 9.34. The number of fused-ring (bicyclic) bond motifs is 9. The lowest BCUT2D eigenvalue weighted by Gasteiger charge is -2.27. The lowest BCUT2D eigenvalue weighted by atomic mass is 9.91. The number of thiophene rings is 1. The van der Waals surface area contributed by atoms with Crippen LogP contribution in [-0.2, 0) is 0 Å². The molecule has 0 amide bonds. The Bertz CT molecular complexity index is 3540. The molecule has 10 aromatic carbocycles. The molecule has 2 heterocycles. The highest BCUT2D eigenvalue weighted by Gasteiger charge is 2.21. The van der Waals surface area contributed by atoms with E-state index in [1.165, 1.54) is 69.7 Å². The topological polar surface area (TPSA) is 16.4 Å².